The Kier molecular flexibility index (Phi) is 14.9. The smallest absolute Gasteiger partial charge is 0.0679 e. The summed E-state index contributed by atoms with van der Waals surface area (Å²) in [4.78, 5) is 0. The molecule has 26 heavy (non-hydrogen) atoms. The summed E-state index contributed by atoms with van der Waals surface area (Å²) < 4.78 is 6.41. The average molecular weight is 369 g/mol. The van der Waals surface area contributed by atoms with Gasteiger partial charge in [-0.25, -0.2) is 0 Å². The third-order valence-electron chi connectivity index (χ3n) is 6.99. The molecule has 0 aromatic rings. The fraction of sp³-hybridized carbons (Fsp3) is 1.00. The van der Waals surface area contributed by atoms with Crippen LogP contribution in [0.25, 0.3) is 0 Å². The van der Waals surface area contributed by atoms with E-state index in [2.05, 4.69) is 48.5 Å². The van der Waals surface area contributed by atoms with Gasteiger partial charge in [0, 0.05) is 6.61 Å². The number of hydrogen-bond donors (Lipinski definition) is 0. The highest BCUT2D eigenvalue weighted by atomic mass is 16.5. The van der Waals surface area contributed by atoms with Crippen LogP contribution in [0.4, 0.5) is 0 Å². The first-order valence-corrected chi connectivity index (χ1v) is 11.9. The minimum Gasteiger partial charge on any atom is -0.375 e. The van der Waals surface area contributed by atoms with E-state index in [-0.39, 0.29) is 11.0 Å². The number of hydrogen-bond acceptors (Lipinski definition) is 1. The predicted molar refractivity (Wildman–Crippen MR) is 119 cm³/mol. The Morgan fingerprint density at radius 3 is 1.54 bits per heavy atom. The van der Waals surface area contributed by atoms with Crippen LogP contribution in [-0.2, 0) is 4.74 Å². The molecule has 158 valence electrons. The Bertz CT molecular complexity index is 305. The first-order valence-electron chi connectivity index (χ1n) is 11.9. The van der Waals surface area contributed by atoms with Crippen molar-refractivity contribution >= 4 is 0 Å². The van der Waals surface area contributed by atoms with Crippen LogP contribution in [0.15, 0.2) is 0 Å². The average Bonchev–Trinajstić information content (AvgIpc) is 2.59. The van der Waals surface area contributed by atoms with E-state index in [9.17, 15) is 0 Å². The van der Waals surface area contributed by atoms with Crippen LogP contribution in [0.2, 0.25) is 0 Å². The zero-order valence-corrected chi connectivity index (χ0v) is 19.6. The Labute approximate surface area is 167 Å². The lowest BCUT2D eigenvalue weighted by Crippen LogP contribution is -2.46. The van der Waals surface area contributed by atoms with Crippen LogP contribution in [0, 0.1) is 11.3 Å². The van der Waals surface area contributed by atoms with E-state index in [0.29, 0.717) is 5.92 Å². The Morgan fingerprint density at radius 1 is 0.615 bits per heavy atom. The molecule has 0 aliphatic heterocycles. The highest BCUT2D eigenvalue weighted by Crippen LogP contribution is 2.42. The van der Waals surface area contributed by atoms with E-state index in [1.54, 1.807) is 0 Å². The molecule has 1 nitrogen and oxygen atoms in total. The summed E-state index contributed by atoms with van der Waals surface area (Å²) in [7, 11) is 0. The molecular formula is C25H52O. The van der Waals surface area contributed by atoms with Crippen LogP contribution < -0.4 is 0 Å². The number of unbranched alkanes of at least 4 members (excludes halogenated alkanes) is 11. The summed E-state index contributed by atoms with van der Waals surface area (Å²) >= 11 is 0. The third kappa shape index (κ3) is 11.0. The molecule has 0 amide bonds. The molecule has 0 aliphatic rings. The van der Waals surface area contributed by atoms with E-state index < -0.39 is 0 Å². The molecule has 0 bridgehead atoms. The van der Waals surface area contributed by atoms with Crippen molar-refractivity contribution in [1.29, 1.82) is 0 Å². The fourth-order valence-electron chi connectivity index (χ4n) is 3.76. The Morgan fingerprint density at radius 2 is 1.04 bits per heavy atom. The summed E-state index contributed by atoms with van der Waals surface area (Å²) in [5.41, 5.74) is 0.175. The highest BCUT2D eigenvalue weighted by Gasteiger charge is 2.41. The standard InChI is InChI=1S/C25H52O/c1-8-10-12-14-15-16-18-20-22-26-25(6,7)24(4,5)23(3)21-19-17-13-11-9-2/h23H,8-22H2,1-7H3. The second-order valence-corrected chi connectivity index (χ2v) is 9.66. The van der Waals surface area contributed by atoms with Gasteiger partial charge in [0.25, 0.3) is 0 Å². The first kappa shape index (κ1) is 26.0. The molecule has 1 unspecified atom stereocenters. The van der Waals surface area contributed by atoms with Gasteiger partial charge in [-0.15, -0.1) is 0 Å². The second-order valence-electron chi connectivity index (χ2n) is 9.66. The Hall–Kier alpha value is -0.0400. The van der Waals surface area contributed by atoms with E-state index in [4.69, 9.17) is 4.74 Å². The lowest BCUT2D eigenvalue weighted by molar-refractivity contribution is -0.120. The zero-order valence-electron chi connectivity index (χ0n) is 19.6. The van der Waals surface area contributed by atoms with Gasteiger partial charge in [-0.1, -0.05) is 118 Å². The lowest BCUT2D eigenvalue weighted by atomic mass is 9.67. The van der Waals surface area contributed by atoms with Crippen molar-refractivity contribution in [3.05, 3.63) is 0 Å². The molecule has 0 fully saturated rings. The van der Waals surface area contributed by atoms with Crippen molar-refractivity contribution in [2.24, 2.45) is 11.3 Å². The van der Waals surface area contributed by atoms with Crippen LogP contribution in [0.1, 0.15) is 138 Å². The molecule has 1 heteroatoms. The SMILES string of the molecule is CCCCCCCCCCOC(C)(C)C(C)(C)C(C)CCCCCCC. The van der Waals surface area contributed by atoms with Crippen LogP contribution in [0.3, 0.4) is 0 Å². The Balaban J connectivity index is 3.97. The number of ether oxygens (including phenoxy) is 1. The van der Waals surface area contributed by atoms with Crippen molar-refractivity contribution in [2.45, 2.75) is 144 Å². The molecule has 0 aromatic heterocycles. The molecule has 0 saturated carbocycles. The molecule has 0 spiro atoms. The quantitative estimate of drug-likeness (QED) is 0.219. The minimum absolute atomic E-state index is 0.0447. The molecule has 0 heterocycles. The molecule has 1 atom stereocenters. The summed E-state index contributed by atoms with van der Waals surface area (Å²) in [5.74, 6) is 0.706. The van der Waals surface area contributed by atoms with Gasteiger partial charge < -0.3 is 4.74 Å². The lowest BCUT2D eigenvalue weighted by Gasteiger charge is -2.46. The fourth-order valence-corrected chi connectivity index (χ4v) is 3.76. The van der Waals surface area contributed by atoms with Crippen LogP contribution in [0.5, 0.6) is 0 Å². The van der Waals surface area contributed by atoms with Crippen LogP contribution >= 0.6 is 0 Å². The molecular weight excluding hydrogens is 316 g/mol. The minimum atomic E-state index is -0.0447. The maximum Gasteiger partial charge on any atom is 0.0679 e. The molecule has 0 aromatic carbocycles. The summed E-state index contributed by atoms with van der Waals surface area (Å²) in [6.45, 7) is 17.4. The normalized spacial score (nSPS) is 14.0. The second kappa shape index (κ2) is 14.9. The molecule has 0 radical (unpaired) electrons. The van der Waals surface area contributed by atoms with Crippen molar-refractivity contribution in [3.63, 3.8) is 0 Å². The van der Waals surface area contributed by atoms with Gasteiger partial charge in [-0.05, 0) is 31.6 Å². The molecule has 0 rings (SSSR count). The van der Waals surface area contributed by atoms with Crippen molar-refractivity contribution in [1.82, 2.24) is 0 Å². The summed E-state index contributed by atoms with van der Waals surface area (Å²) in [6.07, 6.45) is 19.2. The van der Waals surface area contributed by atoms with Gasteiger partial charge >= 0.3 is 0 Å². The third-order valence-corrected chi connectivity index (χ3v) is 6.99. The predicted octanol–water partition coefficient (Wildman–Crippen LogP) is 8.95. The largest absolute Gasteiger partial charge is 0.375 e. The van der Waals surface area contributed by atoms with Gasteiger partial charge in [0.1, 0.15) is 0 Å². The molecule has 0 N–H and O–H groups in total. The van der Waals surface area contributed by atoms with Gasteiger partial charge in [-0.2, -0.15) is 0 Å². The maximum absolute atomic E-state index is 6.41. The van der Waals surface area contributed by atoms with Crippen molar-refractivity contribution in [3.8, 4) is 0 Å². The van der Waals surface area contributed by atoms with E-state index in [1.165, 1.54) is 89.9 Å². The van der Waals surface area contributed by atoms with Crippen LogP contribution in [-0.4, -0.2) is 12.2 Å². The number of rotatable bonds is 18. The van der Waals surface area contributed by atoms with Gasteiger partial charge in [-0.3, -0.25) is 0 Å². The highest BCUT2D eigenvalue weighted by molar-refractivity contribution is 4.91. The van der Waals surface area contributed by atoms with E-state index >= 15 is 0 Å². The summed E-state index contributed by atoms with van der Waals surface area (Å²) in [5, 5.41) is 0. The van der Waals surface area contributed by atoms with E-state index in [0.717, 1.165) is 6.61 Å². The van der Waals surface area contributed by atoms with Gasteiger partial charge in [0.2, 0.25) is 0 Å². The maximum atomic E-state index is 6.41. The first-order chi connectivity index (χ1) is 12.3. The molecule has 0 saturated heterocycles. The van der Waals surface area contributed by atoms with E-state index in [1.807, 2.05) is 0 Å². The van der Waals surface area contributed by atoms with Crippen molar-refractivity contribution < 1.29 is 4.74 Å². The van der Waals surface area contributed by atoms with Gasteiger partial charge in [0.05, 0.1) is 5.60 Å². The van der Waals surface area contributed by atoms with Crippen molar-refractivity contribution in [2.75, 3.05) is 6.61 Å². The topological polar surface area (TPSA) is 9.23 Å². The molecule has 0 aliphatic carbocycles. The zero-order chi connectivity index (χ0) is 19.9. The van der Waals surface area contributed by atoms with Gasteiger partial charge in [0.15, 0.2) is 0 Å². The summed E-state index contributed by atoms with van der Waals surface area (Å²) in [6, 6.07) is 0. The monoisotopic (exact) mass is 368 g/mol.